The number of amides is 1. The lowest BCUT2D eigenvalue weighted by Gasteiger charge is -2.14. The van der Waals surface area contributed by atoms with Crippen molar-refractivity contribution < 1.29 is 14.3 Å². The Morgan fingerprint density at radius 2 is 2.00 bits per heavy atom. The number of carbonyl (C=O) groups excluding carboxylic acids is 2. The van der Waals surface area contributed by atoms with Gasteiger partial charge < -0.3 is 10.1 Å². The van der Waals surface area contributed by atoms with Crippen molar-refractivity contribution in [3.63, 3.8) is 0 Å². The fourth-order valence-electron chi connectivity index (χ4n) is 0.631. The minimum Gasteiger partial charge on any atom is -0.463 e. The SMILES string of the molecule is C=C(C)C(=O)NCCOC(=O)C(C)(C)Br. The van der Waals surface area contributed by atoms with E-state index in [1.807, 2.05) is 0 Å². The third-order valence-electron chi connectivity index (χ3n) is 1.49. The molecule has 0 bridgehead atoms. The molecule has 86 valence electrons. The highest BCUT2D eigenvalue weighted by Crippen LogP contribution is 2.16. The van der Waals surface area contributed by atoms with Crippen molar-refractivity contribution in [3.05, 3.63) is 12.2 Å². The van der Waals surface area contributed by atoms with E-state index in [-0.39, 0.29) is 18.5 Å². The van der Waals surface area contributed by atoms with Crippen molar-refractivity contribution in [1.82, 2.24) is 5.32 Å². The Morgan fingerprint density at radius 1 is 1.47 bits per heavy atom. The molecule has 0 atom stereocenters. The van der Waals surface area contributed by atoms with Crippen LogP contribution in [0.25, 0.3) is 0 Å². The van der Waals surface area contributed by atoms with Crippen molar-refractivity contribution >= 4 is 27.8 Å². The summed E-state index contributed by atoms with van der Waals surface area (Å²) in [6.45, 7) is 8.94. The molecule has 4 nitrogen and oxygen atoms in total. The Labute approximate surface area is 98.2 Å². The van der Waals surface area contributed by atoms with E-state index in [0.717, 1.165) is 0 Å². The molecule has 1 amide bonds. The third kappa shape index (κ3) is 6.28. The number of nitrogens with one attached hydrogen (secondary N) is 1. The number of ether oxygens (including phenoxy) is 1. The third-order valence-corrected chi connectivity index (χ3v) is 1.82. The fourth-order valence-corrected chi connectivity index (χ4v) is 0.745. The number of halogens is 1. The minimum absolute atomic E-state index is 0.160. The van der Waals surface area contributed by atoms with E-state index >= 15 is 0 Å². The van der Waals surface area contributed by atoms with Crippen LogP contribution in [-0.2, 0) is 14.3 Å². The lowest BCUT2D eigenvalue weighted by molar-refractivity contribution is -0.145. The molecular formula is C10H16BrNO3. The number of alkyl halides is 1. The van der Waals surface area contributed by atoms with Crippen molar-refractivity contribution in [1.29, 1.82) is 0 Å². The molecule has 0 heterocycles. The molecule has 0 aromatic rings. The predicted molar refractivity (Wildman–Crippen MR) is 61.8 cm³/mol. The zero-order valence-corrected chi connectivity index (χ0v) is 10.8. The van der Waals surface area contributed by atoms with Gasteiger partial charge in [-0.25, -0.2) is 0 Å². The molecule has 0 aliphatic carbocycles. The zero-order chi connectivity index (χ0) is 12.1. The molecular weight excluding hydrogens is 262 g/mol. The second-order valence-corrected chi connectivity index (χ2v) is 5.63. The Hall–Kier alpha value is -0.840. The highest BCUT2D eigenvalue weighted by Gasteiger charge is 2.25. The van der Waals surface area contributed by atoms with E-state index in [0.29, 0.717) is 12.1 Å². The van der Waals surface area contributed by atoms with E-state index in [1.165, 1.54) is 0 Å². The molecule has 0 aliphatic heterocycles. The first kappa shape index (κ1) is 14.2. The van der Waals surface area contributed by atoms with Crippen molar-refractivity contribution in [2.75, 3.05) is 13.2 Å². The Bertz CT molecular complexity index is 268. The molecule has 0 saturated carbocycles. The van der Waals surface area contributed by atoms with Crippen LogP contribution in [0.1, 0.15) is 20.8 Å². The summed E-state index contributed by atoms with van der Waals surface area (Å²) >= 11 is 3.17. The van der Waals surface area contributed by atoms with E-state index in [4.69, 9.17) is 4.74 Å². The molecule has 15 heavy (non-hydrogen) atoms. The molecule has 5 heteroatoms. The van der Waals surface area contributed by atoms with Gasteiger partial charge in [0.25, 0.3) is 0 Å². The molecule has 1 N–H and O–H groups in total. The molecule has 0 aliphatic rings. The summed E-state index contributed by atoms with van der Waals surface area (Å²) in [5, 5.41) is 2.56. The van der Waals surface area contributed by atoms with Crippen LogP contribution in [0.5, 0.6) is 0 Å². The van der Waals surface area contributed by atoms with Gasteiger partial charge in [0.15, 0.2) is 0 Å². The molecule has 0 spiro atoms. The van der Waals surface area contributed by atoms with Gasteiger partial charge in [0.1, 0.15) is 10.9 Å². The van der Waals surface area contributed by atoms with Crippen LogP contribution >= 0.6 is 15.9 Å². The number of hydrogen-bond acceptors (Lipinski definition) is 3. The molecule has 0 unspecified atom stereocenters. The van der Waals surface area contributed by atoms with Gasteiger partial charge in [-0.1, -0.05) is 22.5 Å². The molecule has 0 fully saturated rings. The number of hydrogen-bond donors (Lipinski definition) is 1. The van der Waals surface area contributed by atoms with E-state index in [1.54, 1.807) is 20.8 Å². The van der Waals surface area contributed by atoms with Crippen LogP contribution in [0.4, 0.5) is 0 Å². The smallest absolute Gasteiger partial charge is 0.322 e. The van der Waals surface area contributed by atoms with Crippen molar-refractivity contribution in [2.45, 2.75) is 25.1 Å². The molecule has 0 aromatic heterocycles. The second kappa shape index (κ2) is 5.90. The highest BCUT2D eigenvalue weighted by molar-refractivity contribution is 9.10. The molecule has 0 aromatic carbocycles. The van der Waals surface area contributed by atoms with Crippen LogP contribution in [0.15, 0.2) is 12.2 Å². The second-order valence-electron chi connectivity index (χ2n) is 3.64. The Morgan fingerprint density at radius 3 is 2.40 bits per heavy atom. The molecule has 0 rings (SSSR count). The quantitative estimate of drug-likeness (QED) is 0.358. The van der Waals surface area contributed by atoms with Crippen LogP contribution in [0.2, 0.25) is 0 Å². The highest BCUT2D eigenvalue weighted by atomic mass is 79.9. The first-order valence-corrected chi connectivity index (χ1v) is 5.34. The Balaban J connectivity index is 3.69. The molecule has 0 saturated heterocycles. The first-order chi connectivity index (χ1) is 6.75. The van der Waals surface area contributed by atoms with Crippen LogP contribution in [0.3, 0.4) is 0 Å². The van der Waals surface area contributed by atoms with Gasteiger partial charge in [-0.05, 0) is 20.8 Å². The zero-order valence-electron chi connectivity index (χ0n) is 9.22. The van der Waals surface area contributed by atoms with E-state index < -0.39 is 4.32 Å². The van der Waals surface area contributed by atoms with Crippen LogP contribution in [0, 0.1) is 0 Å². The predicted octanol–water partition coefficient (Wildman–Crippen LogP) is 1.40. The number of carbonyl (C=O) groups is 2. The number of rotatable bonds is 5. The summed E-state index contributed by atoms with van der Waals surface area (Å²) in [4.78, 5) is 22.3. The van der Waals surface area contributed by atoms with Gasteiger partial charge in [-0.15, -0.1) is 0 Å². The maximum atomic E-state index is 11.2. The summed E-state index contributed by atoms with van der Waals surface area (Å²) in [5.74, 6) is -0.587. The lowest BCUT2D eigenvalue weighted by Crippen LogP contribution is -2.32. The average Bonchev–Trinajstić information content (AvgIpc) is 2.09. The van der Waals surface area contributed by atoms with Crippen LogP contribution < -0.4 is 5.32 Å². The van der Waals surface area contributed by atoms with E-state index in [9.17, 15) is 9.59 Å². The largest absolute Gasteiger partial charge is 0.463 e. The summed E-state index contributed by atoms with van der Waals surface area (Å²) in [6.07, 6.45) is 0. The Kier molecular flexibility index (Phi) is 5.57. The van der Waals surface area contributed by atoms with Gasteiger partial charge in [-0.2, -0.15) is 0 Å². The van der Waals surface area contributed by atoms with Crippen molar-refractivity contribution in [3.8, 4) is 0 Å². The topological polar surface area (TPSA) is 55.4 Å². The summed E-state index contributed by atoms with van der Waals surface area (Å²) < 4.78 is 4.22. The average molecular weight is 278 g/mol. The van der Waals surface area contributed by atoms with Gasteiger partial charge in [0.2, 0.25) is 5.91 Å². The van der Waals surface area contributed by atoms with Gasteiger partial charge in [0, 0.05) is 5.57 Å². The van der Waals surface area contributed by atoms with Gasteiger partial charge in [0.05, 0.1) is 6.54 Å². The van der Waals surface area contributed by atoms with E-state index in [2.05, 4.69) is 27.8 Å². The van der Waals surface area contributed by atoms with Crippen molar-refractivity contribution in [2.24, 2.45) is 0 Å². The summed E-state index contributed by atoms with van der Waals surface area (Å²) in [7, 11) is 0. The standard InChI is InChI=1S/C10H16BrNO3/c1-7(2)8(13)12-5-6-15-9(14)10(3,4)11/h1,5-6H2,2-4H3,(H,12,13). The van der Waals surface area contributed by atoms with Gasteiger partial charge >= 0.3 is 5.97 Å². The fraction of sp³-hybridized carbons (Fsp3) is 0.600. The maximum Gasteiger partial charge on any atom is 0.322 e. The van der Waals surface area contributed by atoms with Crippen LogP contribution in [-0.4, -0.2) is 29.4 Å². The van der Waals surface area contributed by atoms with Gasteiger partial charge in [-0.3, -0.25) is 9.59 Å². The summed E-state index contributed by atoms with van der Waals surface area (Å²) in [6, 6.07) is 0. The summed E-state index contributed by atoms with van der Waals surface area (Å²) in [5.41, 5.74) is 0.433. The first-order valence-electron chi connectivity index (χ1n) is 4.55. The maximum absolute atomic E-state index is 11.2. The molecule has 0 radical (unpaired) electrons. The monoisotopic (exact) mass is 277 g/mol. The lowest BCUT2D eigenvalue weighted by atomic mass is 10.2. The minimum atomic E-state index is -0.689. The number of esters is 1. The normalized spacial score (nSPS) is 10.7.